The van der Waals surface area contributed by atoms with E-state index in [1.165, 1.54) is 5.69 Å². The molecule has 2 heterocycles. The molecule has 27 heavy (non-hydrogen) atoms. The van der Waals surface area contributed by atoms with E-state index in [2.05, 4.69) is 56.6 Å². The highest BCUT2D eigenvalue weighted by atomic mass is 16.4. The van der Waals surface area contributed by atoms with Gasteiger partial charge < -0.3 is 19.5 Å². The van der Waals surface area contributed by atoms with E-state index in [1.807, 2.05) is 30.3 Å². The van der Waals surface area contributed by atoms with Crippen molar-refractivity contribution in [1.29, 1.82) is 0 Å². The van der Waals surface area contributed by atoms with Crippen LogP contribution in [-0.4, -0.2) is 54.9 Å². The number of nitrogens with zero attached hydrogens (tertiary/aromatic N) is 4. The van der Waals surface area contributed by atoms with Crippen LogP contribution in [0.25, 0.3) is 11.5 Å². The Labute approximate surface area is 159 Å². The molecule has 0 aliphatic carbocycles. The molecule has 6 nitrogen and oxygen atoms in total. The molecule has 0 saturated carbocycles. The Morgan fingerprint density at radius 3 is 2.41 bits per heavy atom. The number of hydrogen-bond acceptors (Lipinski definition) is 6. The van der Waals surface area contributed by atoms with Gasteiger partial charge in [0.25, 0.3) is 0 Å². The highest BCUT2D eigenvalue weighted by Crippen LogP contribution is 2.20. The van der Waals surface area contributed by atoms with Gasteiger partial charge in [-0.05, 0) is 43.4 Å². The average molecular weight is 363 g/mol. The summed E-state index contributed by atoms with van der Waals surface area (Å²) in [5.74, 6) is 1.22. The molecule has 1 aliphatic heterocycles. The number of benzene rings is 2. The number of likely N-dealkylation sites (N-methyl/N-ethyl adjacent to an activating group) is 1. The number of nitrogens with one attached hydrogen (secondary N) is 1. The first-order valence-electron chi connectivity index (χ1n) is 9.43. The van der Waals surface area contributed by atoms with Gasteiger partial charge in [-0.25, -0.2) is 0 Å². The molecular weight excluding hydrogens is 338 g/mol. The Morgan fingerprint density at radius 2 is 1.67 bits per heavy atom. The molecule has 0 unspecified atom stereocenters. The quantitative estimate of drug-likeness (QED) is 0.726. The Balaban J connectivity index is 1.28. The Hall–Kier alpha value is -2.86. The standard InChI is InChI=1S/C21H25N5O/c1-25-13-15-26(16-14-25)19-9-7-18(8-10-19)22-12-11-20-23-24-21(27-20)17-5-3-2-4-6-17/h2-10,22H,11-16H2,1H3. The number of aromatic nitrogens is 2. The molecule has 1 saturated heterocycles. The highest BCUT2D eigenvalue weighted by Gasteiger charge is 2.14. The summed E-state index contributed by atoms with van der Waals surface area (Å²) < 4.78 is 5.74. The number of rotatable bonds is 6. The maximum atomic E-state index is 5.74. The van der Waals surface area contributed by atoms with Crippen LogP contribution in [0.4, 0.5) is 11.4 Å². The van der Waals surface area contributed by atoms with Crippen LogP contribution in [0.5, 0.6) is 0 Å². The third-order valence-corrected chi connectivity index (χ3v) is 4.89. The van der Waals surface area contributed by atoms with Gasteiger partial charge in [-0.1, -0.05) is 18.2 Å². The lowest BCUT2D eigenvalue weighted by Crippen LogP contribution is -2.44. The van der Waals surface area contributed by atoms with E-state index in [0.29, 0.717) is 18.2 Å². The van der Waals surface area contributed by atoms with Crippen LogP contribution >= 0.6 is 0 Å². The van der Waals surface area contributed by atoms with Gasteiger partial charge in [-0.15, -0.1) is 10.2 Å². The molecule has 0 radical (unpaired) electrons. The van der Waals surface area contributed by atoms with Crippen molar-refractivity contribution >= 4 is 11.4 Å². The van der Waals surface area contributed by atoms with E-state index in [9.17, 15) is 0 Å². The van der Waals surface area contributed by atoms with Gasteiger partial charge in [0.15, 0.2) is 0 Å². The fourth-order valence-electron chi connectivity index (χ4n) is 3.22. The van der Waals surface area contributed by atoms with Gasteiger partial charge in [0.05, 0.1) is 0 Å². The maximum absolute atomic E-state index is 5.74. The Bertz CT molecular complexity index is 839. The average Bonchev–Trinajstić information content (AvgIpc) is 3.19. The summed E-state index contributed by atoms with van der Waals surface area (Å²) in [6.45, 7) is 5.17. The van der Waals surface area contributed by atoms with E-state index >= 15 is 0 Å². The third kappa shape index (κ3) is 4.46. The van der Waals surface area contributed by atoms with E-state index in [-0.39, 0.29) is 0 Å². The monoisotopic (exact) mass is 363 g/mol. The SMILES string of the molecule is CN1CCN(c2ccc(NCCc3nnc(-c4ccccc4)o3)cc2)CC1. The van der Waals surface area contributed by atoms with Gasteiger partial charge in [-0.2, -0.15) is 0 Å². The second-order valence-corrected chi connectivity index (χ2v) is 6.88. The zero-order valence-corrected chi connectivity index (χ0v) is 15.6. The molecule has 0 atom stereocenters. The molecule has 3 aromatic rings. The molecule has 140 valence electrons. The van der Waals surface area contributed by atoms with Crippen molar-refractivity contribution in [3.63, 3.8) is 0 Å². The molecular formula is C21H25N5O. The second-order valence-electron chi connectivity index (χ2n) is 6.88. The van der Waals surface area contributed by atoms with Crippen molar-refractivity contribution in [2.24, 2.45) is 0 Å². The number of anilines is 2. The van der Waals surface area contributed by atoms with Crippen LogP contribution in [0.2, 0.25) is 0 Å². The van der Waals surface area contributed by atoms with Gasteiger partial charge in [0, 0.05) is 56.1 Å². The van der Waals surface area contributed by atoms with Crippen LogP contribution in [-0.2, 0) is 6.42 Å². The van der Waals surface area contributed by atoms with E-state index in [1.54, 1.807) is 0 Å². The lowest BCUT2D eigenvalue weighted by Gasteiger charge is -2.34. The summed E-state index contributed by atoms with van der Waals surface area (Å²) in [5.41, 5.74) is 3.34. The van der Waals surface area contributed by atoms with Crippen molar-refractivity contribution in [3.05, 3.63) is 60.5 Å². The summed E-state index contributed by atoms with van der Waals surface area (Å²) in [5, 5.41) is 11.7. The zero-order chi connectivity index (χ0) is 18.5. The van der Waals surface area contributed by atoms with Gasteiger partial charge >= 0.3 is 0 Å². The topological polar surface area (TPSA) is 57.4 Å². The van der Waals surface area contributed by atoms with Crippen molar-refractivity contribution in [2.75, 3.05) is 50.0 Å². The van der Waals surface area contributed by atoms with Crippen molar-refractivity contribution in [2.45, 2.75) is 6.42 Å². The largest absolute Gasteiger partial charge is 0.421 e. The second kappa shape index (κ2) is 8.22. The van der Waals surface area contributed by atoms with Gasteiger partial charge in [0.1, 0.15) is 0 Å². The number of hydrogen-bond donors (Lipinski definition) is 1. The Morgan fingerprint density at radius 1 is 0.926 bits per heavy atom. The number of piperazine rings is 1. The normalized spacial score (nSPS) is 15.1. The van der Waals surface area contributed by atoms with E-state index in [0.717, 1.165) is 44.0 Å². The highest BCUT2D eigenvalue weighted by molar-refractivity contribution is 5.55. The van der Waals surface area contributed by atoms with E-state index < -0.39 is 0 Å². The molecule has 1 aromatic heterocycles. The Kier molecular flexibility index (Phi) is 5.34. The first kappa shape index (κ1) is 17.5. The van der Waals surface area contributed by atoms with Crippen molar-refractivity contribution < 1.29 is 4.42 Å². The zero-order valence-electron chi connectivity index (χ0n) is 15.6. The van der Waals surface area contributed by atoms with E-state index in [4.69, 9.17) is 4.42 Å². The molecule has 0 bridgehead atoms. The molecule has 0 amide bonds. The summed E-state index contributed by atoms with van der Waals surface area (Å²) in [6.07, 6.45) is 0.694. The molecule has 1 fully saturated rings. The van der Waals surface area contributed by atoms with Crippen LogP contribution < -0.4 is 10.2 Å². The van der Waals surface area contributed by atoms with Crippen LogP contribution in [0.3, 0.4) is 0 Å². The summed E-state index contributed by atoms with van der Waals surface area (Å²) >= 11 is 0. The molecule has 6 heteroatoms. The smallest absolute Gasteiger partial charge is 0.247 e. The van der Waals surface area contributed by atoms with Crippen LogP contribution in [0.1, 0.15) is 5.89 Å². The predicted octanol–water partition coefficient (Wildman–Crippen LogP) is 3.14. The molecule has 4 rings (SSSR count). The minimum atomic E-state index is 0.571. The third-order valence-electron chi connectivity index (χ3n) is 4.89. The predicted molar refractivity (Wildman–Crippen MR) is 108 cm³/mol. The maximum Gasteiger partial charge on any atom is 0.247 e. The molecule has 1 N–H and O–H groups in total. The minimum Gasteiger partial charge on any atom is -0.421 e. The first-order valence-corrected chi connectivity index (χ1v) is 9.43. The lowest BCUT2D eigenvalue weighted by molar-refractivity contribution is 0.313. The van der Waals surface area contributed by atoms with Crippen LogP contribution in [0, 0.1) is 0 Å². The van der Waals surface area contributed by atoms with Crippen LogP contribution in [0.15, 0.2) is 59.0 Å². The summed E-state index contributed by atoms with van der Waals surface area (Å²) in [7, 11) is 2.18. The van der Waals surface area contributed by atoms with Crippen molar-refractivity contribution in [3.8, 4) is 11.5 Å². The summed E-state index contributed by atoms with van der Waals surface area (Å²) in [6, 6.07) is 18.5. The van der Waals surface area contributed by atoms with Crippen molar-refractivity contribution in [1.82, 2.24) is 15.1 Å². The van der Waals surface area contributed by atoms with Gasteiger partial charge in [0.2, 0.25) is 11.8 Å². The minimum absolute atomic E-state index is 0.571. The fraction of sp³-hybridized carbons (Fsp3) is 0.333. The first-order chi connectivity index (χ1) is 13.3. The molecule has 0 spiro atoms. The lowest BCUT2D eigenvalue weighted by atomic mass is 10.2. The fourth-order valence-corrected chi connectivity index (χ4v) is 3.22. The molecule has 2 aromatic carbocycles. The van der Waals surface area contributed by atoms with Gasteiger partial charge in [-0.3, -0.25) is 0 Å². The molecule has 1 aliphatic rings. The summed E-state index contributed by atoms with van der Waals surface area (Å²) in [4.78, 5) is 4.81.